The summed E-state index contributed by atoms with van der Waals surface area (Å²) < 4.78 is 0. The van der Waals surface area contributed by atoms with Gasteiger partial charge in [0, 0.05) is 5.41 Å². The zero-order valence-corrected chi connectivity index (χ0v) is 14.4. The van der Waals surface area contributed by atoms with Crippen LogP contribution in [0.1, 0.15) is 51.8 Å². The third-order valence-corrected chi connectivity index (χ3v) is 3.39. The normalized spacial score (nSPS) is 12.2. The molecule has 0 unspecified atom stereocenters. The van der Waals surface area contributed by atoms with E-state index in [0.29, 0.717) is 5.69 Å². The van der Waals surface area contributed by atoms with Crippen LogP contribution in [-0.2, 0) is 5.41 Å². The van der Waals surface area contributed by atoms with Gasteiger partial charge in [-0.3, -0.25) is 9.78 Å². The Morgan fingerprint density at radius 3 is 2.46 bits per heavy atom. The van der Waals surface area contributed by atoms with Crippen molar-refractivity contribution in [1.82, 2.24) is 15.2 Å². The molecule has 0 saturated heterocycles. The van der Waals surface area contributed by atoms with Gasteiger partial charge in [0.2, 0.25) is 5.95 Å². The summed E-state index contributed by atoms with van der Waals surface area (Å²) in [6, 6.07) is 6.81. The molecule has 0 aliphatic carbocycles. The van der Waals surface area contributed by atoms with E-state index in [2.05, 4.69) is 32.6 Å². The number of aromatic nitrogens is 3. The second kappa shape index (κ2) is 7.25. The van der Waals surface area contributed by atoms with Crippen LogP contribution in [0.2, 0.25) is 0 Å². The Morgan fingerprint density at radius 2 is 1.92 bits per heavy atom. The minimum absolute atomic E-state index is 0.195. The number of hydrogen-bond acceptors (Lipinski definition) is 6. The summed E-state index contributed by atoms with van der Waals surface area (Å²) in [5.74, 6) is 0.399. The number of aromatic hydroxyl groups is 1. The second-order valence-corrected chi connectivity index (χ2v) is 6.57. The van der Waals surface area contributed by atoms with E-state index in [0.717, 1.165) is 24.1 Å². The average Bonchev–Trinajstić information content (AvgIpc) is 2.51. The van der Waals surface area contributed by atoms with Crippen LogP contribution in [0.3, 0.4) is 0 Å². The van der Waals surface area contributed by atoms with Gasteiger partial charge in [-0.05, 0) is 36.2 Å². The number of benzene rings is 1. The zero-order chi connectivity index (χ0) is 17.7. The lowest BCUT2D eigenvalue weighted by atomic mass is 9.93. The fourth-order valence-corrected chi connectivity index (χ4v) is 2.15. The molecule has 7 nitrogen and oxygen atoms in total. The molecule has 0 radical (unpaired) electrons. The topological polar surface area (TPSA) is 103 Å². The molecule has 0 aliphatic rings. The highest BCUT2D eigenvalue weighted by Gasteiger charge is 2.20. The van der Waals surface area contributed by atoms with E-state index in [9.17, 15) is 9.90 Å². The van der Waals surface area contributed by atoms with Gasteiger partial charge >= 0.3 is 0 Å². The van der Waals surface area contributed by atoms with Gasteiger partial charge in [0.05, 0.1) is 5.71 Å². The number of aromatic amines is 1. The first kappa shape index (κ1) is 17.7. The van der Waals surface area contributed by atoms with Crippen LogP contribution >= 0.6 is 0 Å². The lowest BCUT2D eigenvalue weighted by molar-refractivity contribution is 0.475. The van der Waals surface area contributed by atoms with Crippen LogP contribution in [0, 0.1) is 0 Å². The quantitative estimate of drug-likeness (QED) is 0.578. The first-order valence-corrected chi connectivity index (χ1v) is 7.90. The number of phenolic OH excluding ortho intramolecular Hbond substituents is 1. The molecule has 0 saturated carbocycles. The van der Waals surface area contributed by atoms with E-state index < -0.39 is 0 Å². The number of H-pyrrole nitrogens is 1. The minimum Gasteiger partial charge on any atom is -0.508 e. The Kier molecular flexibility index (Phi) is 5.33. The van der Waals surface area contributed by atoms with E-state index in [1.165, 1.54) is 0 Å². The zero-order valence-electron chi connectivity index (χ0n) is 14.4. The third-order valence-electron chi connectivity index (χ3n) is 3.39. The highest BCUT2D eigenvalue weighted by molar-refractivity contribution is 6.00. The fourth-order valence-electron chi connectivity index (χ4n) is 2.15. The fraction of sp³-hybridized carbons (Fsp3) is 0.412. The molecule has 0 amide bonds. The van der Waals surface area contributed by atoms with Crippen molar-refractivity contribution < 1.29 is 5.11 Å². The van der Waals surface area contributed by atoms with Crippen molar-refractivity contribution in [3.63, 3.8) is 0 Å². The van der Waals surface area contributed by atoms with Gasteiger partial charge in [0.25, 0.3) is 5.56 Å². The van der Waals surface area contributed by atoms with Crippen molar-refractivity contribution in [3.8, 4) is 5.75 Å². The van der Waals surface area contributed by atoms with Crippen LogP contribution in [-0.4, -0.2) is 26.0 Å². The standard InChI is InChI=1S/C17H23N5O2/c1-5-6-13(11-7-9-12(23)10-8-11)19-21-16-18-15(24)14(20-22-16)17(2,3)4/h7-10,23H,5-6H2,1-4H3,(H2,18,21,22,24)/b19-13+. The highest BCUT2D eigenvalue weighted by atomic mass is 16.3. The summed E-state index contributed by atoms with van der Waals surface area (Å²) in [5, 5.41) is 21.7. The molecule has 0 atom stereocenters. The largest absolute Gasteiger partial charge is 0.508 e. The summed E-state index contributed by atoms with van der Waals surface area (Å²) in [5.41, 5.74) is 4.18. The van der Waals surface area contributed by atoms with Crippen molar-refractivity contribution in [2.75, 3.05) is 5.43 Å². The van der Waals surface area contributed by atoms with Crippen LogP contribution in [0.25, 0.3) is 0 Å². The van der Waals surface area contributed by atoms with Crippen LogP contribution in [0.15, 0.2) is 34.2 Å². The molecule has 1 aromatic carbocycles. The molecule has 2 aromatic rings. The Bertz CT molecular complexity index is 773. The van der Waals surface area contributed by atoms with Gasteiger partial charge in [-0.2, -0.15) is 5.10 Å². The number of hydrazone groups is 1. The van der Waals surface area contributed by atoms with Crippen LogP contribution in [0.4, 0.5) is 5.95 Å². The van der Waals surface area contributed by atoms with E-state index >= 15 is 0 Å². The number of hydrogen-bond donors (Lipinski definition) is 3. The molecule has 0 aliphatic heterocycles. The molecule has 0 bridgehead atoms. The maximum atomic E-state index is 12.1. The van der Waals surface area contributed by atoms with E-state index in [1.807, 2.05) is 20.8 Å². The molecular weight excluding hydrogens is 306 g/mol. The minimum atomic E-state index is -0.373. The summed E-state index contributed by atoms with van der Waals surface area (Å²) >= 11 is 0. The van der Waals surface area contributed by atoms with Crippen molar-refractivity contribution in [2.24, 2.45) is 5.10 Å². The van der Waals surface area contributed by atoms with Crippen molar-refractivity contribution >= 4 is 11.7 Å². The van der Waals surface area contributed by atoms with Crippen LogP contribution in [0.5, 0.6) is 5.75 Å². The van der Waals surface area contributed by atoms with Gasteiger partial charge in [-0.25, -0.2) is 5.43 Å². The van der Waals surface area contributed by atoms with Crippen molar-refractivity contribution in [3.05, 3.63) is 45.9 Å². The molecule has 128 valence electrons. The third kappa shape index (κ3) is 4.41. The first-order chi connectivity index (χ1) is 11.3. The average molecular weight is 329 g/mol. The van der Waals surface area contributed by atoms with Gasteiger partial charge in [0.15, 0.2) is 0 Å². The van der Waals surface area contributed by atoms with Gasteiger partial charge < -0.3 is 5.11 Å². The summed E-state index contributed by atoms with van der Waals surface area (Å²) in [6.07, 6.45) is 1.65. The number of nitrogens with one attached hydrogen (secondary N) is 2. The molecule has 0 spiro atoms. The Morgan fingerprint density at radius 1 is 1.25 bits per heavy atom. The SMILES string of the molecule is CCC/C(=N\Nc1nnc(C(C)(C)C)c(=O)[nH]1)c1ccc(O)cc1. The molecule has 1 heterocycles. The smallest absolute Gasteiger partial charge is 0.274 e. The predicted octanol–water partition coefficient (Wildman–Crippen LogP) is 2.78. The molecule has 3 N–H and O–H groups in total. The summed E-state index contributed by atoms with van der Waals surface area (Å²) in [6.45, 7) is 7.76. The number of nitrogens with zero attached hydrogens (tertiary/aromatic N) is 3. The lowest BCUT2D eigenvalue weighted by Crippen LogP contribution is -2.28. The molecule has 24 heavy (non-hydrogen) atoms. The number of phenols is 1. The van der Waals surface area contributed by atoms with E-state index in [4.69, 9.17) is 0 Å². The molecule has 0 fully saturated rings. The molecular formula is C17H23N5O2. The van der Waals surface area contributed by atoms with Crippen molar-refractivity contribution in [2.45, 2.75) is 46.0 Å². The van der Waals surface area contributed by atoms with Crippen LogP contribution < -0.4 is 11.0 Å². The number of rotatable bonds is 5. The monoisotopic (exact) mass is 329 g/mol. The second-order valence-electron chi connectivity index (χ2n) is 6.57. The molecule has 7 heteroatoms. The van der Waals surface area contributed by atoms with Gasteiger partial charge in [-0.1, -0.05) is 34.1 Å². The summed E-state index contributed by atoms with van der Waals surface area (Å²) in [7, 11) is 0. The molecule has 2 rings (SSSR count). The first-order valence-electron chi connectivity index (χ1n) is 7.90. The summed E-state index contributed by atoms with van der Waals surface area (Å²) in [4.78, 5) is 14.7. The maximum absolute atomic E-state index is 12.1. The Hall–Kier alpha value is -2.70. The maximum Gasteiger partial charge on any atom is 0.274 e. The van der Waals surface area contributed by atoms with Crippen molar-refractivity contribution in [1.29, 1.82) is 0 Å². The Labute approximate surface area is 140 Å². The predicted molar refractivity (Wildman–Crippen MR) is 94.5 cm³/mol. The van der Waals surface area contributed by atoms with E-state index in [-0.39, 0.29) is 22.7 Å². The highest BCUT2D eigenvalue weighted by Crippen LogP contribution is 2.16. The van der Waals surface area contributed by atoms with Gasteiger partial charge in [-0.15, -0.1) is 10.2 Å². The van der Waals surface area contributed by atoms with Gasteiger partial charge in [0.1, 0.15) is 11.4 Å². The van der Waals surface area contributed by atoms with E-state index in [1.54, 1.807) is 24.3 Å². The lowest BCUT2D eigenvalue weighted by Gasteiger charge is -2.15. The molecule has 1 aromatic heterocycles. The Balaban J connectivity index is 2.24. The number of anilines is 1.